The van der Waals surface area contributed by atoms with E-state index >= 15 is 0 Å². The fourth-order valence-electron chi connectivity index (χ4n) is 4.03. The fourth-order valence-corrected chi connectivity index (χ4v) is 6.95. The molecule has 4 rings (SSSR count). The van der Waals surface area contributed by atoms with E-state index in [1.54, 1.807) is 23.9 Å². The van der Waals surface area contributed by atoms with E-state index in [0.717, 1.165) is 22.6 Å². The van der Waals surface area contributed by atoms with Gasteiger partial charge in [-0.1, -0.05) is 17.7 Å². The fraction of sp³-hybridized carbons (Fsp3) is 0.409. The van der Waals surface area contributed by atoms with E-state index in [-0.39, 0.29) is 29.1 Å². The quantitative estimate of drug-likeness (QED) is 0.712. The molecule has 6 nitrogen and oxygen atoms in total. The zero-order valence-electron chi connectivity index (χ0n) is 17.4. The molecular formula is C22H25ClN2O4S2. The molecule has 0 aliphatic carbocycles. The molecule has 1 amide bonds. The lowest BCUT2D eigenvalue weighted by molar-refractivity contribution is -0.0440. The number of carbonyl (C=O) groups is 1. The molecule has 0 radical (unpaired) electrons. The number of halogens is 1. The van der Waals surface area contributed by atoms with Crippen molar-refractivity contribution in [3.63, 3.8) is 0 Å². The minimum Gasteiger partial charge on any atom is -0.373 e. The lowest BCUT2D eigenvalue weighted by Crippen LogP contribution is -2.48. The molecule has 0 spiro atoms. The van der Waals surface area contributed by atoms with Crippen molar-refractivity contribution in [2.24, 2.45) is 0 Å². The Kier molecular flexibility index (Phi) is 6.65. The highest BCUT2D eigenvalue weighted by molar-refractivity contribution is 7.99. The highest BCUT2D eigenvalue weighted by Gasteiger charge is 2.32. The molecule has 0 bridgehead atoms. The van der Waals surface area contributed by atoms with Gasteiger partial charge in [-0.05, 0) is 62.2 Å². The van der Waals surface area contributed by atoms with E-state index in [2.05, 4.69) is 5.32 Å². The number of benzene rings is 2. The molecule has 166 valence electrons. The molecule has 0 unspecified atom stereocenters. The molecule has 2 aromatic rings. The summed E-state index contributed by atoms with van der Waals surface area (Å²) < 4.78 is 33.4. The number of carbonyl (C=O) groups excluding carboxylic acids is 1. The molecule has 1 N–H and O–H groups in total. The Morgan fingerprint density at radius 2 is 1.90 bits per heavy atom. The van der Waals surface area contributed by atoms with Gasteiger partial charge in [0.2, 0.25) is 10.0 Å². The van der Waals surface area contributed by atoms with Gasteiger partial charge in [0.15, 0.2) is 0 Å². The first-order valence-electron chi connectivity index (χ1n) is 10.2. The average molecular weight is 481 g/mol. The number of amides is 1. The maximum atomic E-state index is 13.2. The van der Waals surface area contributed by atoms with Crippen LogP contribution in [-0.4, -0.2) is 49.7 Å². The summed E-state index contributed by atoms with van der Waals surface area (Å²) in [4.78, 5) is 14.2. The van der Waals surface area contributed by atoms with Crippen molar-refractivity contribution in [1.82, 2.24) is 9.62 Å². The van der Waals surface area contributed by atoms with Crippen LogP contribution in [0.2, 0.25) is 5.02 Å². The third-order valence-electron chi connectivity index (χ3n) is 5.44. The van der Waals surface area contributed by atoms with Crippen molar-refractivity contribution < 1.29 is 17.9 Å². The average Bonchev–Trinajstić information content (AvgIpc) is 2.73. The van der Waals surface area contributed by atoms with Crippen molar-refractivity contribution in [2.45, 2.75) is 48.3 Å². The zero-order chi connectivity index (χ0) is 22.2. The van der Waals surface area contributed by atoms with Crippen LogP contribution in [0.5, 0.6) is 0 Å². The van der Waals surface area contributed by atoms with Crippen molar-refractivity contribution in [2.75, 3.05) is 18.8 Å². The van der Waals surface area contributed by atoms with Crippen LogP contribution >= 0.6 is 23.4 Å². The summed E-state index contributed by atoms with van der Waals surface area (Å²) in [6.07, 6.45) is 0.424. The first-order chi connectivity index (χ1) is 14.7. The van der Waals surface area contributed by atoms with Gasteiger partial charge in [0.05, 0.1) is 23.1 Å². The molecule has 9 heteroatoms. The van der Waals surface area contributed by atoms with Crippen LogP contribution in [0.1, 0.15) is 42.2 Å². The second kappa shape index (κ2) is 9.11. The number of thioether (sulfide) groups is 1. The second-order valence-corrected chi connectivity index (χ2v) is 11.5. The molecule has 3 atom stereocenters. The van der Waals surface area contributed by atoms with Gasteiger partial charge in [-0.2, -0.15) is 4.31 Å². The highest BCUT2D eigenvalue weighted by atomic mass is 35.5. The van der Waals surface area contributed by atoms with Crippen molar-refractivity contribution in [3.05, 3.63) is 58.6 Å². The molecule has 0 saturated carbocycles. The Hall–Kier alpha value is -1.58. The number of fused-ring (bicyclic) bond motifs is 1. The van der Waals surface area contributed by atoms with Gasteiger partial charge < -0.3 is 10.1 Å². The van der Waals surface area contributed by atoms with E-state index in [1.165, 1.54) is 16.4 Å². The van der Waals surface area contributed by atoms with E-state index in [9.17, 15) is 13.2 Å². The molecule has 31 heavy (non-hydrogen) atoms. The molecule has 0 aromatic heterocycles. The Balaban J connectivity index is 1.55. The normalized spacial score (nSPS) is 24.4. The number of nitrogens with one attached hydrogen (secondary N) is 1. The van der Waals surface area contributed by atoms with E-state index < -0.39 is 10.0 Å². The molecule has 1 fully saturated rings. The maximum Gasteiger partial charge on any atom is 0.251 e. The van der Waals surface area contributed by atoms with Crippen LogP contribution in [-0.2, 0) is 14.8 Å². The molecule has 1 saturated heterocycles. The summed E-state index contributed by atoms with van der Waals surface area (Å²) in [5, 5.41) is 3.68. The Labute approximate surface area is 192 Å². The summed E-state index contributed by atoms with van der Waals surface area (Å²) in [6.45, 7) is 4.30. The van der Waals surface area contributed by atoms with Gasteiger partial charge in [-0.25, -0.2) is 8.42 Å². The van der Waals surface area contributed by atoms with Crippen LogP contribution in [0.3, 0.4) is 0 Å². The van der Waals surface area contributed by atoms with Crippen molar-refractivity contribution in [3.8, 4) is 0 Å². The van der Waals surface area contributed by atoms with E-state index in [0.29, 0.717) is 23.7 Å². The van der Waals surface area contributed by atoms with Gasteiger partial charge in [-0.15, -0.1) is 11.8 Å². The molecule has 2 aromatic carbocycles. The minimum atomic E-state index is -3.72. The SMILES string of the molecule is C[C@@H]1CN(S(=O)(=O)c2cccc(C(=O)N[C@@H]3CCSc4ccc(Cl)cc43)c2)C[C@H](C)O1. The Morgan fingerprint density at radius 3 is 2.65 bits per heavy atom. The Bertz CT molecular complexity index is 1080. The van der Waals surface area contributed by atoms with Crippen LogP contribution in [0.15, 0.2) is 52.3 Å². The van der Waals surface area contributed by atoms with Gasteiger partial charge in [-0.3, -0.25) is 4.79 Å². The predicted octanol–water partition coefficient (Wildman–Crippen LogP) is 4.10. The predicted molar refractivity (Wildman–Crippen MR) is 122 cm³/mol. The number of ether oxygens (including phenoxy) is 1. The van der Waals surface area contributed by atoms with E-state index in [1.807, 2.05) is 32.0 Å². The van der Waals surface area contributed by atoms with E-state index in [4.69, 9.17) is 16.3 Å². The van der Waals surface area contributed by atoms with Crippen molar-refractivity contribution in [1.29, 1.82) is 0 Å². The first-order valence-corrected chi connectivity index (χ1v) is 13.0. The molecular weight excluding hydrogens is 456 g/mol. The molecule has 2 aliphatic heterocycles. The number of sulfonamides is 1. The third kappa shape index (κ3) is 4.93. The Morgan fingerprint density at radius 1 is 1.16 bits per heavy atom. The van der Waals surface area contributed by atoms with Crippen molar-refractivity contribution >= 4 is 39.3 Å². The second-order valence-electron chi connectivity index (χ2n) is 7.95. The number of hydrogen-bond donors (Lipinski definition) is 1. The standard InChI is InChI=1S/C22H25ClN2O4S2/c1-14-12-25(13-15(2)29-14)31(27,28)18-5-3-4-16(10-18)22(26)24-20-8-9-30-21-7-6-17(23)11-19(20)21/h3-7,10-11,14-15,20H,8-9,12-13H2,1-2H3,(H,24,26)/t14-,15+,20-/m1/s1. The molecule has 2 aliphatic rings. The van der Waals surface area contributed by atoms with Crippen LogP contribution in [0.4, 0.5) is 0 Å². The summed E-state index contributed by atoms with van der Waals surface area (Å²) in [6, 6.07) is 11.8. The smallest absolute Gasteiger partial charge is 0.251 e. The lowest BCUT2D eigenvalue weighted by atomic mass is 10.0. The number of nitrogens with zero attached hydrogens (tertiary/aromatic N) is 1. The lowest BCUT2D eigenvalue weighted by Gasteiger charge is -2.34. The third-order valence-corrected chi connectivity index (χ3v) is 8.62. The van der Waals surface area contributed by atoms with Crippen LogP contribution < -0.4 is 5.32 Å². The number of rotatable bonds is 4. The summed E-state index contributed by atoms with van der Waals surface area (Å²) in [5.41, 5.74) is 1.31. The van der Waals surface area contributed by atoms with Crippen LogP contribution in [0, 0.1) is 0 Å². The summed E-state index contributed by atoms with van der Waals surface area (Å²) in [5.74, 6) is 0.588. The summed E-state index contributed by atoms with van der Waals surface area (Å²) >= 11 is 7.90. The number of hydrogen-bond acceptors (Lipinski definition) is 5. The topological polar surface area (TPSA) is 75.7 Å². The maximum absolute atomic E-state index is 13.2. The molecule has 2 heterocycles. The van der Waals surface area contributed by atoms with Gasteiger partial charge >= 0.3 is 0 Å². The van der Waals surface area contributed by atoms with Gasteiger partial charge in [0, 0.05) is 34.3 Å². The monoisotopic (exact) mass is 480 g/mol. The number of morpholine rings is 1. The first kappa shape index (κ1) is 22.6. The minimum absolute atomic E-state index is 0.115. The largest absolute Gasteiger partial charge is 0.373 e. The zero-order valence-corrected chi connectivity index (χ0v) is 19.8. The van der Waals surface area contributed by atoms with Gasteiger partial charge in [0.25, 0.3) is 5.91 Å². The summed E-state index contributed by atoms with van der Waals surface area (Å²) in [7, 11) is -3.72. The van der Waals surface area contributed by atoms with Crippen LogP contribution in [0.25, 0.3) is 0 Å². The highest BCUT2D eigenvalue weighted by Crippen LogP contribution is 2.37. The van der Waals surface area contributed by atoms with Gasteiger partial charge in [0.1, 0.15) is 0 Å².